The van der Waals surface area contributed by atoms with Gasteiger partial charge >= 0.3 is 0 Å². The number of rotatable bonds is 7. The molecule has 0 aliphatic rings. The molecule has 0 amide bonds. The highest BCUT2D eigenvalue weighted by Gasteiger charge is 2.09. The standard InChI is InChI=1S/C14H24N6/c1-11(2)7-15-8-13-5-6-19(18-13)9-14-16-10-17-20(14)12(3)4/h5-6,10-12,15H,7-9H2,1-4H3. The predicted molar refractivity (Wildman–Crippen MR) is 78.3 cm³/mol. The van der Waals surface area contributed by atoms with E-state index in [0.29, 0.717) is 18.5 Å². The molecular weight excluding hydrogens is 252 g/mol. The second kappa shape index (κ2) is 6.65. The maximum atomic E-state index is 4.56. The molecule has 110 valence electrons. The largest absolute Gasteiger partial charge is 0.311 e. The highest BCUT2D eigenvalue weighted by Crippen LogP contribution is 2.07. The first kappa shape index (κ1) is 14.7. The predicted octanol–water partition coefficient (Wildman–Crippen LogP) is 1.85. The third-order valence-corrected chi connectivity index (χ3v) is 2.99. The Bertz CT molecular complexity index is 525. The van der Waals surface area contributed by atoms with E-state index in [1.165, 1.54) is 0 Å². The molecule has 20 heavy (non-hydrogen) atoms. The van der Waals surface area contributed by atoms with Crippen molar-refractivity contribution in [2.75, 3.05) is 6.54 Å². The molecule has 0 fully saturated rings. The summed E-state index contributed by atoms with van der Waals surface area (Å²) in [5, 5.41) is 12.2. The molecule has 0 atom stereocenters. The van der Waals surface area contributed by atoms with Crippen molar-refractivity contribution in [2.45, 2.75) is 46.8 Å². The van der Waals surface area contributed by atoms with Crippen molar-refractivity contribution >= 4 is 0 Å². The molecule has 0 spiro atoms. The molecule has 0 bridgehead atoms. The molecule has 0 aliphatic heterocycles. The van der Waals surface area contributed by atoms with Crippen LogP contribution in [0.15, 0.2) is 18.6 Å². The quantitative estimate of drug-likeness (QED) is 0.838. The van der Waals surface area contributed by atoms with Crippen LogP contribution in [0.25, 0.3) is 0 Å². The van der Waals surface area contributed by atoms with E-state index in [4.69, 9.17) is 0 Å². The first-order chi connectivity index (χ1) is 9.56. The Labute approximate surface area is 120 Å². The zero-order valence-electron chi connectivity index (χ0n) is 12.7. The molecule has 2 aromatic heterocycles. The highest BCUT2D eigenvalue weighted by atomic mass is 15.4. The van der Waals surface area contributed by atoms with Gasteiger partial charge in [-0.15, -0.1) is 0 Å². The Morgan fingerprint density at radius 3 is 2.75 bits per heavy atom. The average Bonchev–Trinajstić information content (AvgIpc) is 2.99. The molecule has 0 radical (unpaired) electrons. The van der Waals surface area contributed by atoms with Gasteiger partial charge in [0.05, 0.1) is 5.69 Å². The van der Waals surface area contributed by atoms with E-state index < -0.39 is 0 Å². The molecule has 6 heteroatoms. The lowest BCUT2D eigenvalue weighted by Gasteiger charge is -2.09. The summed E-state index contributed by atoms with van der Waals surface area (Å²) in [5.41, 5.74) is 1.06. The number of hydrogen-bond acceptors (Lipinski definition) is 4. The number of nitrogens with zero attached hydrogens (tertiary/aromatic N) is 5. The maximum Gasteiger partial charge on any atom is 0.148 e. The van der Waals surface area contributed by atoms with Gasteiger partial charge in [0, 0.05) is 18.8 Å². The van der Waals surface area contributed by atoms with E-state index in [9.17, 15) is 0 Å². The number of hydrogen-bond donors (Lipinski definition) is 1. The van der Waals surface area contributed by atoms with Gasteiger partial charge in [-0.2, -0.15) is 10.2 Å². The van der Waals surface area contributed by atoms with Gasteiger partial charge in [0.25, 0.3) is 0 Å². The molecular formula is C14H24N6. The van der Waals surface area contributed by atoms with Gasteiger partial charge in [0.1, 0.15) is 18.7 Å². The van der Waals surface area contributed by atoms with Gasteiger partial charge in [0.2, 0.25) is 0 Å². The number of nitrogens with one attached hydrogen (secondary N) is 1. The molecule has 0 saturated carbocycles. The van der Waals surface area contributed by atoms with Gasteiger partial charge in [0.15, 0.2) is 0 Å². The average molecular weight is 276 g/mol. The molecule has 0 aromatic carbocycles. The summed E-state index contributed by atoms with van der Waals surface area (Å²) in [6.07, 6.45) is 3.59. The van der Waals surface area contributed by atoms with Gasteiger partial charge in [-0.1, -0.05) is 13.8 Å². The molecule has 2 aromatic rings. The molecule has 0 unspecified atom stereocenters. The fourth-order valence-electron chi connectivity index (χ4n) is 2.04. The van der Waals surface area contributed by atoms with Gasteiger partial charge in [-0.25, -0.2) is 9.67 Å². The first-order valence-electron chi connectivity index (χ1n) is 7.17. The van der Waals surface area contributed by atoms with E-state index in [1.54, 1.807) is 6.33 Å². The second-order valence-electron chi connectivity index (χ2n) is 5.74. The van der Waals surface area contributed by atoms with Crippen molar-refractivity contribution in [3.63, 3.8) is 0 Å². The maximum absolute atomic E-state index is 4.56. The van der Waals surface area contributed by atoms with Crippen LogP contribution in [-0.4, -0.2) is 31.1 Å². The van der Waals surface area contributed by atoms with Crippen LogP contribution in [-0.2, 0) is 13.1 Å². The zero-order chi connectivity index (χ0) is 14.5. The minimum atomic E-state index is 0.315. The van der Waals surface area contributed by atoms with Crippen LogP contribution in [0.5, 0.6) is 0 Å². The zero-order valence-corrected chi connectivity index (χ0v) is 12.7. The molecule has 2 rings (SSSR count). The molecule has 0 aliphatic carbocycles. The molecule has 2 heterocycles. The Hall–Kier alpha value is -1.69. The smallest absolute Gasteiger partial charge is 0.148 e. The van der Waals surface area contributed by atoms with Crippen LogP contribution in [0.2, 0.25) is 0 Å². The summed E-state index contributed by atoms with van der Waals surface area (Å²) in [4.78, 5) is 4.30. The molecule has 6 nitrogen and oxygen atoms in total. The minimum Gasteiger partial charge on any atom is -0.311 e. The van der Waals surface area contributed by atoms with Crippen LogP contribution in [0.4, 0.5) is 0 Å². The van der Waals surface area contributed by atoms with Crippen molar-refractivity contribution in [1.82, 2.24) is 29.9 Å². The summed E-state index contributed by atoms with van der Waals surface area (Å²) >= 11 is 0. The topological polar surface area (TPSA) is 60.6 Å². The van der Waals surface area contributed by atoms with E-state index in [1.807, 2.05) is 21.6 Å². The van der Waals surface area contributed by atoms with Crippen molar-refractivity contribution < 1.29 is 0 Å². The normalized spacial score (nSPS) is 11.7. The lowest BCUT2D eigenvalue weighted by Crippen LogP contribution is -2.19. The Balaban J connectivity index is 1.94. The Morgan fingerprint density at radius 2 is 2.05 bits per heavy atom. The van der Waals surface area contributed by atoms with Crippen LogP contribution in [0.1, 0.15) is 45.3 Å². The minimum absolute atomic E-state index is 0.315. The van der Waals surface area contributed by atoms with Gasteiger partial charge < -0.3 is 5.32 Å². The first-order valence-corrected chi connectivity index (χ1v) is 7.17. The third kappa shape index (κ3) is 3.90. The van der Waals surface area contributed by atoms with Crippen molar-refractivity contribution in [3.05, 3.63) is 30.1 Å². The van der Waals surface area contributed by atoms with E-state index in [2.05, 4.69) is 48.2 Å². The van der Waals surface area contributed by atoms with Crippen molar-refractivity contribution in [2.24, 2.45) is 5.92 Å². The Kier molecular flexibility index (Phi) is 4.89. The summed E-state index contributed by atoms with van der Waals surface area (Å²) in [6.45, 7) is 11.1. The second-order valence-corrected chi connectivity index (χ2v) is 5.74. The SMILES string of the molecule is CC(C)CNCc1ccn(Cc2ncnn2C(C)C)n1. The summed E-state index contributed by atoms with van der Waals surface area (Å²) < 4.78 is 3.84. The van der Waals surface area contributed by atoms with Gasteiger partial charge in [-0.3, -0.25) is 4.68 Å². The van der Waals surface area contributed by atoms with E-state index in [0.717, 1.165) is 24.6 Å². The molecule has 1 N–H and O–H groups in total. The van der Waals surface area contributed by atoms with Crippen LogP contribution < -0.4 is 5.32 Å². The monoisotopic (exact) mass is 276 g/mol. The van der Waals surface area contributed by atoms with Crippen LogP contribution in [0, 0.1) is 5.92 Å². The summed E-state index contributed by atoms with van der Waals surface area (Å²) in [5.74, 6) is 1.59. The summed E-state index contributed by atoms with van der Waals surface area (Å²) in [6, 6.07) is 2.36. The van der Waals surface area contributed by atoms with E-state index >= 15 is 0 Å². The number of aromatic nitrogens is 5. The fraction of sp³-hybridized carbons (Fsp3) is 0.643. The van der Waals surface area contributed by atoms with Gasteiger partial charge in [-0.05, 0) is 32.4 Å². The van der Waals surface area contributed by atoms with Crippen molar-refractivity contribution in [1.29, 1.82) is 0 Å². The highest BCUT2D eigenvalue weighted by molar-refractivity contribution is 5.00. The van der Waals surface area contributed by atoms with E-state index in [-0.39, 0.29) is 0 Å². The lowest BCUT2D eigenvalue weighted by atomic mass is 10.2. The van der Waals surface area contributed by atoms with Crippen molar-refractivity contribution in [3.8, 4) is 0 Å². The van der Waals surface area contributed by atoms with Crippen LogP contribution >= 0.6 is 0 Å². The lowest BCUT2D eigenvalue weighted by molar-refractivity contribution is 0.485. The van der Waals surface area contributed by atoms with Crippen LogP contribution in [0.3, 0.4) is 0 Å². The molecule has 0 saturated heterocycles. The fourth-order valence-corrected chi connectivity index (χ4v) is 2.04. The third-order valence-electron chi connectivity index (χ3n) is 2.99. The Morgan fingerprint density at radius 1 is 1.25 bits per heavy atom. The summed E-state index contributed by atoms with van der Waals surface area (Å²) in [7, 11) is 0.